The molecule has 0 aliphatic heterocycles. The van der Waals surface area contributed by atoms with Gasteiger partial charge in [0.25, 0.3) is 0 Å². The summed E-state index contributed by atoms with van der Waals surface area (Å²) < 4.78 is 2.49. The van der Waals surface area contributed by atoms with Crippen LogP contribution < -0.4 is 5.32 Å². The molecule has 0 atom stereocenters. The van der Waals surface area contributed by atoms with Gasteiger partial charge in [-0.15, -0.1) is 5.10 Å². The molecule has 0 radical (unpaired) electrons. The van der Waals surface area contributed by atoms with Crippen LogP contribution in [0.15, 0.2) is 35.3 Å². The number of hydrogen-bond acceptors (Lipinski definition) is 5. The predicted octanol–water partition coefficient (Wildman–Crippen LogP) is 2.55. The maximum atomic E-state index is 5.90. The Balaban J connectivity index is 1.92. The van der Waals surface area contributed by atoms with Crippen molar-refractivity contribution in [3.8, 4) is 0 Å². The first-order valence-corrected chi connectivity index (χ1v) is 6.60. The minimum Gasteiger partial charge on any atom is -0.363 e. The van der Waals surface area contributed by atoms with Gasteiger partial charge in [-0.3, -0.25) is 0 Å². The van der Waals surface area contributed by atoms with E-state index in [1.54, 1.807) is 10.7 Å². The zero-order chi connectivity index (χ0) is 13.2. The Labute approximate surface area is 122 Å². The largest absolute Gasteiger partial charge is 0.363 e. The third-order valence-electron chi connectivity index (χ3n) is 2.52. The second kappa shape index (κ2) is 5.10. The molecule has 0 aliphatic carbocycles. The van der Waals surface area contributed by atoms with Crippen LogP contribution in [0.3, 0.4) is 0 Å². The first kappa shape index (κ1) is 12.3. The molecule has 0 saturated carbocycles. The first-order valence-electron chi connectivity index (χ1n) is 5.43. The van der Waals surface area contributed by atoms with Crippen molar-refractivity contribution < 1.29 is 0 Å². The molecule has 0 unspecified atom stereocenters. The Kier molecular flexibility index (Phi) is 3.31. The summed E-state index contributed by atoms with van der Waals surface area (Å²) in [4.78, 5) is 12.2. The monoisotopic (exact) mass is 338 g/mol. The van der Waals surface area contributed by atoms with Gasteiger partial charge in [-0.05, 0) is 45.7 Å². The van der Waals surface area contributed by atoms with Crippen molar-refractivity contribution >= 4 is 38.9 Å². The van der Waals surface area contributed by atoms with E-state index < -0.39 is 0 Å². The Morgan fingerprint density at radius 1 is 1.32 bits per heavy atom. The van der Waals surface area contributed by atoms with Crippen LogP contribution in [-0.4, -0.2) is 24.6 Å². The van der Waals surface area contributed by atoms with Crippen LogP contribution in [0.2, 0.25) is 5.28 Å². The number of halogens is 2. The normalized spacial score (nSPS) is 10.8. The molecule has 0 aromatic carbocycles. The van der Waals surface area contributed by atoms with Gasteiger partial charge in [0.2, 0.25) is 5.28 Å². The van der Waals surface area contributed by atoms with E-state index in [-0.39, 0.29) is 5.28 Å². The maximum absolute atomic E-state index is 5.90. The molecular formula is C11H8BrClN6. The van der Waals surface area contributed by atoms with Gasteiger partial charge in [-0.25, -0.2) is 14.5 Å². The summed E-state index contributed by atoms with van der Waals surface area (Å²) in [5.41, 5.74) is 1.71. The zero-order valence-electron chi connectivity index (χ0n) is 9.59. The predicted molar refractivity (Wildman–Crippen MR) is 75.1 cm³/mol. The molecule has 3 aromatic heterocycles. The number of fused-ring (bicyclic) bond motifs is 1. The van der Waals surface area contributed by atoms with E-state index in [1.165, 1.54) is 6.33 Å². The van der Waals surface area contributed by atoms with Crippen molar-refractivity contribution in [3.05, 3.63) is 46.3 Å². The molecule has 3 aromatic rings. The fourth-order valence-electron chi connectivity index (χ4n) is 1.67. The lowest BCUT2D eigenvalue weighted by Crippen LogP contribution is -2.06. The summed E-state index contributed by atoms with van der Waals surface area (Å²) >= 11 is 9.30. The second-order valence-corrected chi connectivity index (χ2v) is 4.89. The van der Waals surface area contributed by atoms with Crippen molar-refractivity contribution in [3.63, 3.8) is 0 Å². The van der Waals surface area contributed by atoms with E-state index in [0.717, 1.165) is 15.8 Å². The van der Waals surface area contributed by atoms with Crippen LogP contribution in [0.4, 0.5) is 5.82 Å². The molecule has 0 spiro atoms. The molecule has 1 N–H and O–H groups in total. The number of nitrogens with one attached hydrogen (secondary N) is 1. The van der Waals surface area contributed by atoms with Gasteiger partial charge in [-0.1, -0.05) is 0 Å². The van der Waals surface area contributed by atoms with Crippen molar-refractivity contribution in [2.45, 2.75) is 6.54 Å². The van der Waals surface area contributed by atoms with Crippen LogP contribution >= 0.6 is 27.5 Å². The van der Waals surface area contributed by atoms with E-state index >= 15 is 0 Å². The molecule has 3 rings (SSSR count). The minimum absolute atomic E-state index is 0.176. The molecule has 0 saturated heterocycles. The van der Waals surface area contributed by atoms with Crippen molar-refractivity contribution in [2.24, 2.45) is 0 Å². The minimum atomic E-state index is 0.176. The zero-order valence-corrected chi connectivity index (χ0v) is 11.9. The smallest absolute Gasteiger partial charge is 0.243 e. The molecule has 3 heterocycles. The molecule has 0 amide bonds. The number of rotatable bonds is 3. The van der Waals surface area contributed by atoms with Gasteiger partial charge >= 0.3 is 0 Å². The highest BCUT2D eigenvalue weighted by Crippen LogP contribution is 2.22. The van der Waals surface area contributed by atoms with E-state index in [1.807, 2.05) is 18.2 Å². The summed E-state index contributed by atoms with van der Waals surface area (Å²) in [6.45, 7) is 0.536. The van der Waals surface area contributed by atoms with Crippen LogP contribution in [0.1, 0.15) is 5.69 Å². The molecule has 0 aliphatic rings. The SMILES string of the molecule is Clc1nc(NCc2ccncn2)c2ccc(Br)n2n1. The number of aromatic nitrogens is 5. The summed E-state index contributed by atoms with van der Waals surface area (Å²) in [5, 5.41) is 7.48. The summed E-state index contributed by atoms with van der Waals surface area (Å²) in [6.07, 6.45) is 3.20. The van der Waals surface area contributed by atoms with Gasteiger partial charge in [0.15, 0.2) is 5.82 Å². The highest BCUT2D eigenvalue weighted by molar-refractivity contribution is 9.10. The molecule has 0 fully saturated rings. The van der Waals surface area contributed by atoms with Crippen LogP contribution in [-0.2, 0) is 6.54 Å². The van der Waals surface area contributed by atoms with Crippen molar-refractivity contribution in [2.75, 3.05) is 5.32 Å². The van der Waals surface area contributed by atoms with Gasteiger partial charge in [-0.2, -0.15) is 4.98 Å². The van der Waals surface area contributed by atoms with Crippen molar-refractivity contribution in [1.29, 1.82) is 0 Å². The fourth-order valence-corrected chi connectivity index (χ4v) is 2.23. The summed E-state index contributed by atoms with van der Waals surface area (Å²) in [7, 11) is 0. The van der Waals surface area contributed by atoms with E-state index in [0.29, 0.717) is 12.4 Å². The average molecular weight is 340 g/mol. The number of nitrogens with zero attached hydrogens (tertiary/aromatic N) is 5. The summed E-state index contributed by atoms with van der Waals surface area (Å²) in [5.74, 6) is 0.657. The molecule has 6 nitrogen and oxygen atoms in total. The maximum Gasteiger partial charge on any atom is 0.243 e. The standard InChI is InChI=1S/C11H8BrClN6/c12-9-2-1-8-10(17-11(13)18-19(8)9)15-5-7-3-4-14-6-16-7/h1-4,6H,5H2,(H,15,17,18). The molecule has 0 bridgehead atoms. The third kappa shape index (κ3) is 2.52. The van der Waals surface area contributed by atoms with Crippen LogP contribution in [0.5, 0.6) is 0 Å². The summed E-state index contributed by atoms with van der Waals surface area (Å²) in [6, 6.07) is 5.62. The Hall–Kier alpha value is -1.73. The molecular weight excluding hydrogens is 332 g/mol. The lowest BCUT2D eigenvalue weighted by atomic mass is 10.4. The lowest BCUT2D eigenvalue weighted by Gasteiger charge is -2.07. The topological polar surface area (TPSA) is 68.0 Å². The van der Waals surface area contributed by atoms with E-state index in [9.17, 15) is 0 Å². The Bertz CT molecular complexity index is 714. The van der Waals surface area contributed by atoms with Gasteiger partial charge in [0.05, 0.1) is 12.2 Å². The van der Waals surface area contributed by atoms with Crippen LogP contribution in [0.25, 0.3) is 5.52 Å². The van der Waals surface area contributed by atoms with E-state index in [4.69, 9.17) is 11.6 Å². The molecule has 8 heteroatoms. The molecule has 96 valence electrons. The second-order valence-electron chi connectivity index (χ2n) is 3.74. The Morgan fingerprint density at radius 2 is 2.21 bits per heavy atom. The van der Waals surface area contributed by atoms with Gasteiger partial charge in [0.1, 0.15) is 16.4 Å². The lowest BCUT2D eigenvalue weighted by molar-refractivity contribution is 0.881. The van der Waals surface area contributed by atoms with Crippen LogP contribution in [0, 0.1) is 0 Å². The average Bonchev–Trinajstić information content (AvgIpc) is 2.79. The van der Waals surface area contributed by atoms with Gasteiger partial charge < -0.3 is 5.32 Å². The van der Waals surface area contributed by atoms with E-state index in [2.05, 4.69) is 41.3 Å². The highest BCUT2D eigenvalue weighted by Gasteiger charge is 2.09. The Morgan fingerprint density at radius 3 is 3.00 bits per heavy atom. The number of anilines is 1. The number of hydrogen-bond donors (Lipinski definition) is 1. The fraction of sp³-hybridized carbons (Fsp3) is 0.0909. The quantitative estimate of drug-likeness (QED) is 0.794. The van der Waals surface area contributed by atoms with Gasteiger partial charge in [0, 0.05) is 6.20 Å². The first-order chi connectivity index (χ1) is 9.24. The highest BCUT2D eigenvalue weighted by atomic mass is 79.9. The third-order valence-corrected chi connectivity index (χ3v) is 3.28. The van der Waals surface area contributed by atoms with Crippen molar-refractivity contribution in [1.82, 2.24) is 24.6 Å². The molecule has 19 heavy (non-hydrogen) atoms.